The molecule has 3 rings (SSSR count). The van der Waals surface area contributed by atoms with Crippen LogP contribution in [0.25, 0.3) is 4.96 Å². The van der Waals surface area contributed by atoms with Gasteiger partial charge in [-0.15, -0.1) is 11.3 Å². The van der Waals surface area contributed by atoms with Crippen LogP contribution in [0.15, 0.2) is 42.0 Å². The molecule has 0 aliphatic rings. The number of likely N-dealkylation sites (N-methyl/N-ethyl adjacent to an activating group) is 1. The van der Waals surface area contributed by atoms with E-state index in [0.29, 0.717) is 12.2 Å². The van der Waals surface area contributed by atoms with Crippen molar-refractivity contribution in [1.82, 2.24) is 14.3 Å². The molecular formula is C18H19N3O3S. The van der Waals surface area contributed by atoms with Gasteiger partial charge in [-0.3, -0.25) is 14.0 Å². The third-order valence-corrected chi connectivity index (χ3v) is 4.69. The van der Waals surface area contributed by atoms with Crippen LogP contribution in [0.5, 0.6) is 0 Å². The molecule has 25 heavy (non-hydrogen) atoms. The number of fused-ring (bicyclic) bond motifs is 1. The first kappa shape index (κ1) is 17.2. The van der Waals surface area contributed by atoms with E-state index in [9.17, 15) is 9.59 Å². The quantitative estimate of drug-likeness (QED) is 0.636. The van der Waals surface area contributed by atoms with E-state index in [1.54, 1.807) is 18.1 Å². The predicted octanol–water partition coefficient (Wildman–Crippen LogP) is 2.45. The number of ether oxygens (including phenoxy) is 1. The Morgan fingerprint density at radius 1 is 1.32 bits per heavy atom. The lowest BCUT2D eigenvalue weighted by atomic mass is 10.1. The lowest BCUT2D eigenvalue weighted by molar-refractivity contribution is -0.151. The van der Waals surface area contributed by atoms with Crippen LogP contribution in [0.3, 0.4) is 0 Å². The highest BCUT2D eigenvalue weighted by molar-refractivity contribution is 7.15. The zero-order valence-electron chi connectivity index (χ0n) is 14.1. The summed E-state index contributed by atoms with van der Waals surface area (Å²) >= 11 is 1.50. The smallest absolute Gasteiger partial charge is 0.312 e. The molecule has 0 aliphatic carbocycles. The van der Waals surface area contributed by atoms with Gasteiger partial charge in [0.05, 0.1) is 12.1 Å². The fourth-order valence-corrected chi connectivity index (χ4v) is 3.16. The van der Waals surface area contributed by atoms with E-state index in [0.717, 1.165) is 16.1 Å². The van der Waals surface area contributed by atoms with Crippen molar-refractivity contribution >= 4 is 28.2 Å². The Morgan fingerprint density at radius 3 is 2.88 bits per heavy atom. The van der Waals surface area contributed by atoms with Crippen molar-refractivity contribution in [2.45, 2.75) is 19.9 Å². The summed E-state index contributed by atoms with van der Waals surface area (Å²) in [5.74, 6) is -0.689. The van der Waals surface area contributed by atoms with E-state index >= 15 is 0 Å². The van der Waals surface area contributed by atoms with E-state index in [1.807, 2.05) is 47.2 Å². The Bertz CT molecular complexity index is 871. The molecule has 0 radical (unpaired) electrons. The molecule has 0 atom stereocenters. The van der Waals surface area contributed by atoms with Crippen molar-refractivity contribution in [3.8, 4) is 0 Å². The molecule has 0 saturated carbocycles. The number of rotatable bonds is 6. The third kappa shape index (κ3) is 4.24. The van der Waals surface area contributed by atoms with E-state index in [1.165, 1.54) is 11.3 Å². The Morgan fingerprint density at radius 2 is 2.12 bits per heavy atom. The molecule has 0 aliphatic heterocycles. The molecule has 0 unspecified atom stereocenters. The van der Waals surface area contributed by atoms with Gasteiger partial charge in [0.15, 0.2) is 11.6 Å². The molecule has 0 spiro atoms. The second kappa shape index (κ2) is 7.48. The monoisotopic (exact) mass is 357 g/mol. The maximum atomic E-state index is 12.1. The normalized spacial score (nSPS) is 10.8. The van der Waals surface area contributed by atoms with Gasteiger partial charge in [0, 0.05) is 31.4 Å². The summed E-state index contributed by atoms with van der Waals surface area (Å²) in [6.45, 7) is 2.23. The van der Waals surface area contributed by atoms with Crippen LogP contribution in [0, 0.1) is 6.92 Å². The van der Waals surface area contributed by atoms with Gasteiger partial charge in [-0.25, -0.2) is 4.98 Å². The molecule has 130 valence electrons. The number of aryl methyl sites for hydroxylation is 1. The van der Waals surface area contributed by atoms with Crippen LogP contribution in [0.2, 0.25) is 0 Å². The highest BCUT2D eigenvalue weighted by atomic mass is 32.1. The fourth-order valence-electron chi connectivity index (χ4n) is 2.44. The maximum absolute atomic E-state index is 12.1. The van der Waals surface area contributed by atoms with Crippen LogP contribution in [-0.4, -0.2) is 39.8 Å². The molecule has 1 amide bonds. The summed E-state index contributed by atoms with van der Waals surface area (Å²) in [5, 5.41) is 1.92. The highest BCUT2D eigenvalue weighted by Crippen LogP contribution is 2.12. The zero-order chi connectivity index (χ0) is 17.8. The average molecular weight is 357 g/mol. The molecule has 3 aromatic rings. The number of esters is 1. The first-order valence-corrected chi connectivity index (χ1v) is 8.76. The SMILES string of the molecule is Cc1ccccc1CN(C)C(=O)COC(=O)Cc1cn2ccsc2n1. The van der Waals surface area contributed by atoms with Gasteiger partial charge in [-0.05, 0) is 18.1 Å². The second-order valence-corrected chi connectivity index (χ2v) is 6.71. The Kier molecular flexibility index (Phi) is 5.14. The maximum Gasteiger partial charge on any atom is 0.312 e. The van der Waals surface area contributed by atoms with Crippen molar-refractivity contribution in [2.24, 2.45) is 0 Å². The summed E-state index contributed by atoms with van der Waals surface area (Å²) in [5.41, 5.74) is 2.83. The molecule has 2 aromatic heterocycles. The Hall–Kier alpha value is -2.67. The number of hydrogen-bond donors (Lipinski definition) is 0. The van der Waals surface area contributed by atoms with Crippen LogP contribution in [0.4, 0.5) is 0 Å². The molecule has 0 N–H and O–H groups in total. The van der Waals surface area contributed by atoms with Gasteiger partial charge in [0.25, 0.3) is 5.91 Å². The highest BCUT2D eigenvalue weighted by Gasteiger charge is 2.15. The summed E-state index contributed by atoms with van der Waals surface area (Å²) in [6, 6.07) is 7.89. The topological polar surface area (TPSA) is 63.9 Å². The Balaban J connectivity index is 1.48. The number of carbonyl (C=O) groups excluding carboxylic acids is 2. The number of nitrogens with zero attached hydrogens (tertiary/aromatic N) is 3. The lowest BCUT2D eigenvalue weighted by Gasteiger charge is -2.18. The van der Waals surface area contributed by atoms with Crippen molar-refractivity contribution in [3.63, 3.8) is 0 Å². The van der Waals surface area contributed by atoms with E-state index in [-0.39, 0.29) is 18.9 Å². The molecule has 1 aromatic carbocycles. The largest absolute Gasteiger partial charge is 0.455 e. The van der Waals surface area contributed by atoms with Crippen LogP contribution < -0.4 is 0 Å². The lowest BCUT2D eigenvalue weighted by Crippen LogP contribution is -2.31. The number of thiazole rings is 1. The molecule has 2 heterocycles. The third-order valence-electron chi connectivity index (χ3n) is 3.92. The fraction of sp³-hybridized carbons (Fsp3) is 0.278. The van der Waals surface area contributed by atoms with Crippen LogP contribution in [0.1, 0.15) is 16.8 Å². The van der Waals surface area contributed by atoms with Gasteiger partial charge in [-0.2, -0.15) is 0 Å². The van der Waals surface area contributed by atoms with E-state index < -0.39 is 5.97 Å². The van der Waals surface area contributed by atoms with E-state index in [2.05, 4.69) is 4.98 Å². The first-order valence-electron chi connectivity index (χ1n) is 7.88. The van der Waals surface area contributed by atoms with Gasteiger partial charge in [0.2, 0.25) is 0 Å². The standard InChI is InChI=1S/C18H19N3O3S/c1-13-5-3-4-6-14(13)10-20(2)16(22)12-24-17(23)9-15-11-21-7-8-25-18(21)19-15/h3-8,11H,9-10,12H2,1-2H3. The minimum atomic E-state index is -0.455. The number of benzene rings is 1. The minimum Gasteiger partial charge on any atom is -0.455 e. The van der Waals surface area contributed by atoms with Crippen molar-refractivity contribution in [1.29, 1.82) is 0 Å². The molecule has 6 nitrogen and oxygen atoms in total. The molecular weight excluding hydrogens is 338 g/mol. The number of imidazole rings is 1. The number of aromatic nitrogens is 2. The van der Waals surface area contributed by atoms with E-state index in [4.69, 9.17) is 4.74 Å². The van der Waals surface area contributed by atoms with Crippen LogP contribution >= 0.6 is 11.3 Å². The summed E-state index contributed by atoms with van der Waals surface area (Å²) in [4.78, 5) is 30.8. The van der Waals surface area contributed by atoms with Gasteiger partial charge in [0.1, 0.15) is 0 Å². The van der Waals surface area contributed by atoms with Crippen molar-refractivity contribution in [2.75, 3.05) is 13.7 Å². The molecule has 0 bridgehead atoms. The number of hydrogen-bond acceptors (Lipinski definition) is 5. The summed E-state index contributed by atoms with van der Waals surface area (Å²) in [6.07, 6.45) is 3.73. The molecule has 0 saturated heterocycles. The van der Waals surface area contributed by atoms with Crippen LogP contribution in [-0.2, 0) is 27.3 Å². The average Bonchev–Trinajstić information content (AvgIpc) is 3.16. The molecule has 0 fully saturated rings. The minimum absolute atomic E-state index is 0.0587. The van der Waals surface area contributed by atoms with Gasteiger partial charge >= 0.3 is 5.97 Å². The van der Waals surface area contributed by atoms with Gasteiger partial charge < -0.3 is 9.64 Å². The van der Waals surface area contributed by atoms with Crippen molar-refractivity contribution < 1.29 is 14.3 Å². The Labute approximate surface area is 149 Å². The summed E-state index contributed by atoms with van der Waals surface area (Å²) in [7, 11) is 1.70. The zero-order valence-corrected chi connectivity index (χ0v) is 15.0. The first-order chi connectivity index (χ1) is 12.0. The predicted molar refractivity (Wildman–Crippen MR) is 95.4 cm³/mol. The number of carbonyl (C=O) groups is 2. The van der Waals surface area contributed by atoms with Gasteiger partial charge in [-0.1, -0.05) is 24.3 Å². The number of amides is 1. The van der Waals surface area contributed by atoms with Crippen molar-refractivity contribution in [3.05, 3.63) is 58.9 Å². The summed E-state index contributed by atoms with van der Waals surface area (Å²) < 4.78 is 6.95. The second-order valence-electron chi connectivity index (χ2n) is 5.84. The molecule has 7 heteroatoms.